The van der Waals surface area contributed by atoms with Gasteiger partial charge in [0.1, 0.15) is 5.75 Å². The highest BCUT2D eigenvalue weighted by Crippen LogP contribution is 2.32. The number of carbonyl (C=O) groups is 1. The predicted molar refractivity (Wildman–Crippen MR) is 97.4 cm³/mol. The molecule has 3 rings (SSSR count). The average molecular weight is 360 g/mol. The third-order valence-electron chi connectivity index (χ3n) is 3.73. The molecule has 1 aliphatic rings. The van der Waals surface area contributed by atoms with E-state index in [0.717, 1.165) is 24.8 Å². The zero-order chi connectivity index (χ0) is 17.9. The van der Waals surface area contributed by atoms with E-state index in [1.54, 1.807) is 41.3 Å². The van der Waals surface area contributed by atoms with Gasteiger partial charge in [-0.25, -0.2) is 8.42 Å². The summed E-state index contributed by atoms with van der Waals surface area (Å²) in [6, 6.07) is 16.2. The number of hydrogen-bond donors (Lipinski definition) is 1. The van der Waals surface area contributed by atoms with Crippen LogP contribution in [0.2, 0.25) is 0 Å². The van der Waals surface area contributed by atoms with Crippen LogP contribution in [0.5, 0.6) is 5.75 Å². The summed E-state index contributed by atoms with van der Waals surface area (Å²) >= 11 is 0. The number of benzene rings is 2. The third kappa shape index (κ3) is 4.96. The second kappa shape index (κ2) is 7.14. The summed E-state index contributed by atoms with van der Waals surface area (Å²) in [6.07, 6.45) is 3.02. The van der Waals surface area contributed by atoms with Gasteiger partial charge < -0.3 is 9.64 Å². The quantitative estimate of drug-likeness (QED) is 0.824. The Labute approximate surface area is 147 Å². The van der Waals surface area contributed by atoms with Gasteiger partial charge >= 0.3 is 0 Å². The minimum Gasteiger partial charge on any atom is -0.484 e. The molecule has 1 fully saturated rings. The van der Waals surface area contributed by atoms with E-state index >= 15 is 0 Å². The van der Waals surface area contributed by atoms with Gasteiger partial charge in [0.15, 0.2) is 6.61 Å². The lowest BCUT2D eigenvalue weighted by molar-refractivity contribution is -0.120. The number of hydrogen-bond acceptors (Lipinski definition) is 4. The van der Waals surface area contributed by atoms with Crippen LogP contribution in [0.25, 0.3) is 0 Å². The summed E-state index contributed by atoms with van der Waals surface area (Å²) in [6.45, 7) is -0.0378. The average Bonchev–Trinajstić information content (AvgIpc) is 3.39. The second-order valence-electron chi connectivity index (χ2n) is 6.02. The Hall–Kier alpha value is -2.54. The molecule has 0 spiro atoms. The molecule has 132 valence electrons. The Morgan fingerprint density at radius 1 is 1.12 bits per heavy atom. The van der Waals surface area contributed by atoms with Gasteiger partial charge in [0, 0.05) is 17.4 Å². The lowest BCUT2D eigenvalue weighted by atomic mass is 10.2. The van der Waals surface area contributed by atoms with E-state index in [4.69, 9.17) is 4.74 Å². The predicted octanol–water partition coefficient (Wildman–Crippen LogP) is 2.63. The van der Waals surface area contributed by atoms with Crippen LogP contribution in [0.4, 0.5) is 11.4 Å². The smallest absolute Gasteiger partial charge is 0.265 e. The first-order valence-electron chi connectivity index (χ1n) is 8.00. The highest BCUT2D eigenvalue weighted by Gasteiger charge is 2.33. The van der Waals surface area contributed by atoms with E-state index in [-0.39, 0.29) is 18.6 Å². The maximum absolute atomic E-state index is 12.6. The SMILES string of the molecule is CS(=O)(=O)Nc1ccc(N(C(=O)COc2ccccc2)C2CC2)cc1. The molecule has 7 heteroatoms. The van der Waals surface area contributed by atoms with E-state index in [2.05, 4.69) is 4.72 Å². The van der Waals surface area contributed by atoms with Crippen LogP contribution in [-0.4, -0.2) is 33.2 Å². The molecule has 2 aromatic rings. The Balaban J connectivity index is 1.69. The number of nitrogens with zero attached hydrogens (tertiary/aromatic N) is 1. The van der Waals surface area contributed by atoms with Crippen molar-refractivity contribution in [1.29, 1.82) is 0 Å². The molecule has 0 saturated heterocycles. The van der Waals surface area contributed by atoms with Crippen molar-refractivity contribution >= 4 is 27.3 Å². The van der Waals surface area contributed by atoms with E-state index in [9.17, 15) is 13.2 Å². The maximum Gasteiger partial charge on any atom is 0.265 e. The van der Waals surface area contributed by atoms with Crippen LogP contribution < -0.4 is 14.4 Å². The van der Waals surface area contributed by atoms with Crippen LogP contribution in [-0.2, 0) is 14.8 Å². The van der Waals surface area contributed by atoms with Gasteiger partial charge in [0.25, 0.3) is 5.91 Å². The van der Waals surface area contributed by atoms with Crippen LogP contribution in [0.1, 0.15) is 12.8 Å². The summed E-state index contributed by atoms with van der Waals surface area (Å²) in [5.41, 5.74) is 1.21. The fraction of sp³-hybridized carbons (Fsp3) is 0.278. The van der Waals surface area contributed by atoms with E-state index in [1.165, 1.54) is 0 Å². The monoisotopic (exact) mass is 360 g/mol. The van der Waals surface area contributed by atoms with E-state index in [1.807, 2.05) is 18.2 Å². The summed E-state index contributed by atoms with van der Waals surface area (Å²) in [5, 5.41) is 0. The van der Waals surface area contributed by atoms with Crippen molar-refractivity contribution in [2.45, 2.75) is 18.9 Å². The summed E-state index contributed by atoms with van der Waals surface area (Å²) < 4.78 is 30.5. The first-order valence-corrected chi connectivity index (χ1v) is 9.89. The number of nitrogens with one attached hydrogen (secondary N) is 1. The number of rotatable bonds is 7. The summed E-state index contributed by atoms with van der Waals surface area (Å²) in [5.74, 6) is 0.537. The molecule has 1 amide bonds. The topological polar surface area (TPSA) is 75.7 Å². The molecule has 0 aliphatic heterocycles. The molecule has 0 aromatic heterocycles. The largest absolute Gasteiger partial charge is 0.484 e. The lowest BCUT2D eigenvalue weighted by Gasteiger charge is -2.23. The Morgan fingerprint density at radius 2 is 1.76 bits per heavy atom. The van der Waals surface area contributed by atoms with Crippen LogP contribution in [0.15, 0.2) is 54.6 Å². The zero-order valence-electron chi connectivity index (χ0n) is 13.9. The highest BCUT2D eigenvalue weighted by atomic mass is 32.2. The van der Waals surface area contributed by atoms with Gasteiger partial charge in [-0.05, 0) is 49.2 Å². The normalized spacial score (nSPS) is 14.0. The molecule has 0 unspecified atom stereocenters. The first-order chi connectivity index (χ1) is 11.9. The van der Waals surface area contributed by atoms with Crippen molar-refractivity contribution in [2.24, 2.45) is 0 Å². The number of carbonyl (C=O) groups excluding carboxylic acids is 1. The first kappa shape index (κ1) is 17.3. The van der Waals surface area contributed by atoms with E-state index < -0.39 is 10.0 Å². The van der Waals surface area contributed by atoms with Gasteiger partial charge in [0.05, 0.1) is 6.26 Å². The van der Waals surface area contributed by atoms with Crippen molar-refractivity contribution in [3.05, 3.63) is 54.6 Å². The molecule has 0 bridgehead atoms. The molecule has 0 radical (unpaired) electrons. The highest BCUT2D eigenvalue weighted by molar-refractivity contribution is 7.92. The van der Waals surface area contributed by atoms with Crippen molar-refractivity contribution in [3.63, 3.8) is 0 Å². The number of anilines is 2. The van der Waals surface area contributed by atoms with Gasteiger partial charge in [-0.15, -0.1) is 0 Å². The Kier molecular flexibility index (Phi) is 4.94. The molecular weight excluding hydrogens is 340 g/mol. The van der Waals surface area contributed by atoms with Crippen LogP contribution >= 0.6 is 0 Å². The molecule has 25 heavy (non-hydrogen) atoms. The van der Waals surface area contributed by atoms with Crippen LogP contribution in [0.3, 0.4) is 0 Å². The molecule has 1 N–H and O–H groups in total. The summed E-state index contributed by atoms with van der Waals surface area (Å²) in [7, 11) is -3.32. The van der Waals surface area contributed by atoms with Crippen LogP contribution in [0, 0.1) is 0 Å². The van der Waals surface area contributed by atoms with E-state index in [0.29, 0.717) is 11.4 Å². The van der Waals surface area contributed by atoms with Crippen molar-refractivity contribution < 1.29 is 17.9 Å². The number of sulfonamides is 1. The minimum atomic E-state index is -3.32. The fourth-order valence-corrected chi connectivity index (χ4v) is 3.09. The number of amides is 1. The molecule has 1 aliphatic carbocycles. The maximum atomic E-state index is 12.6. The molecule has 2 aromatic carbocycles. The molecule has 6 nitrogen and oxygen atoms in total. The van der Waals surface area contributed by atoms with Gasteiger partial charge in [-0.3, -0.25) is 9.52 Å². The number of ether oxygens (including phenoxy) is 1. The lowest BCUT2D eigenvalue weighted by Crippen LogP contribution is -2.36. The molecule has 0 atom stereocenters. The Morgan fingerprint density at radius 3 is 2.32 bits per heavy atom. The second-order valence-corrected chi connectivity index (χ2v) is 7.77. The molecule has 0 heterocycles. The van der Waals surface area contributed by atoms with Gasteiger partial charge in [0.2, 0.25) is 10.0 Å². The van der Waals surface area contributed by atoms with Gasteiger partial charge in [-0.2, -0.15) is 0 Å². The minimum absolute atomic E-state index is 0.0378. The molecule has 1 saturated carbocycles. The zero-order valence-corrected chi connectivity index (χ0v) is 14.7. The Bertz CT molecular complexity index is 831. The fourth-order valence-electron chi connectivity index (χ4n) is 2.53. The van der Waals surface area contributed by atoms with Gasteiger partial charge in [-0.1, -0.05) is 18.2 Å². The standard InChI is InChI=1S/C18H20N2O4S/c1-25(22,23)19-14-7-9-15(10-8-14)20(16-11-12-16)18(21)13-24-17-5-3-2-4-6-17/h2-10,16,19H,11-13H2,1H3. The van der Waals surface area contributed by atoms with Crippen molar-refractivity contribution in [2.75, 3.05) is 22.5 Å². The van der Waals surface area contributed by atoms with Crippen molar-refractivity contribution in [1.82, 2.24) is 0 Å². The number of para-hydroxylation sites is 1. The van der Waals surface area contributed by atoms with Crippen molar-refractivity contribution in [3.8, 4) is 5.75 Å². The molecular formula is C18H20N2O4S. The third-order valence-corrected chi connectivity index (χ3v) is 4.34. The summed E-state index contributed by atoms with van der Waals surface area (Å²) in [4.78, 5) is 14.3.